The summed E-state index contributed by atoms with van der Waals surface area (Å²) in [6.07, 6.45) is 15.2. The quantitative estimate of drug-likeness (QED) is 0.142. The Balaban J connectivity index is 1.15. The Kier molecular flexibility index (Phi) is 10.5. The number of hydrogen-bond acceptors (Lipinski definition) is 4. The van der Waals surface area contributed by atoms with E-state index in [1.165, 1.54) is 53.9 Å². The Labute approximate surface area is 428 Å². The summed E-state index contributed by atoms with van der Waals surface area (Å²) in [6, 6.07) is 79.9. The van der Waals surface area contributed by atoms with Crippen LogP contribution in [0.4, 0.5) is 0 Å². The minimum absolute atomic E-state index is 1.08. The molecule has 4 nitrogen and oxygen atoms in total. The fourth-order valence-electron chi connectivity index (χ4n) is 11.5. The topological polar surface area (TPSA) is 51.6 Å². The zero-order valence-corrected chi connectivity index (χ0v) is 40.2. The Bertz CT molecular complexity index is 3890. The largest absolute Gasteiger partial charge is 0.264 e. The molecule has 4 heteroatoms. The smallest absolute Gasteiger partial charge is 0.0346 e. The van der Waals surface area contributed by atoms with E-state index in [0.717, 1.165) is 89.0 Å². The molecular weight excluding hydrogens is 897 g/mol. The van der Waals surface area contributed by atoms with E-state index >= 15 is 0 Å². The maximum atomic E-state index is 4.54. The van der Waals surface area contributed by atoms with Crippen molar-refractivity contribution in [1.29, 1.82) is 0 Å². The van der Waals surface area contributed by atoms with Gasteiger partial charge in [-0.25, -0.2) is 0 Å². The molecule has 74 heavy (non-hydrogen) atoms. The maximum Gasteiger partial charge on any atom is 0.0346 e. The highest BCUT2D eigenvalue weighted by Crippen LogP contribution is 2.49. The number of fused-ring (bicyclic) bond motifs is 11. The average molecular weight is 941 g/mol. The van der Waals surface area contributed by atoms with Crippen molar-refractivity contribution >= 4 is 53.9 Å². The second-order valence-corrected chi connectivity index (χ2v) is 18.9. The number of benzene rings is 10. The summed E-state index contributed by atoms with van der Waals surface area (Å²) in [6.45, 7) is 0. The summed E-state index contributed by atoms with van der Waals surface area (Å²) in [4.78, 5) is 18.1. The number of nitrogens with zero attached hydrogens (tertiary/aromatic N) is 4. The molecule has 0 N–H and O–H groups in total. The highest BCUT2D eigenvalue weighted by atomic mass is 14.6. The minimum Gasteiger partial charge on any atom is -0.264 e. The second kappa shape index (κ2) is 18.1. The van der Waals surface area contributed by atoms with Crippen molar-refractivity contribution in [2.45, 2.75) is 0 Å². The first-order valence-corrected chi connectivity index (χ1v) is 25.1. The molecule has 0 atom stereocenters. The molecule has 4 heterocycles. The van der Waals surface area contributed by atoms with Gasteiger partial charge in [0.25, 0.3) is 0 Å². The first-order chi connectivity index (χ1) is 36.7. The molecule has 0 aliphatic rings. The molecular formula is C70H44N4. The SMILES string of the molecule is c1cncc(-c2ccccc2-c2ccc3c4ccc(-c5ccccc5-c5cccnc5)cc4c4c5cc(-c6ccccc6-c6cccnc6)ccc5c5ccc(-c6ccccc6-c6cccnc6)cc5c4c3c2)c1. The van der Waals surface area contributed by atoms with Crippen molar-refractivity contribution in [3.8, 4) is 89.0 Å². The minimum atomic E-state index is 1.08. The van der Waals surface area contributed by atoms with E-state index in [4.69, 9.17) is 0 Å². The van der Waals surface area contributed by atoms with Crippen LogP contribution >= 0.6 is 0 Å². The fourth-order valence-corrected chi connectivity index (χ4v) is 11.5. The van der Waals surface area contributed by atoms with Gasteiger partial charge in [-0.2, -0.15) is 0 Å². The van der Waals surface area contributed by atoms with E-state index in [9.17, 15) is 0 Å². The molecule has 0 saturated carbocycles. The number of aromatic nitrogens is 4. The summed E-state index contributed by atoms with van der Waals surface area (Å²) in [5.41, 5.74) is 18.1. The van der Waals surface area contributed by atoms with Crippen LogP contribution in [0.2, 0.25) is 0 Å². The lowest BCUT2D eigenvalue weighted by Gasteiger charge is -2.20. The van der Waals surface area contributed by atoms with Gasteiger partial charge in [-0.1, -0.05) is 170 Å². The second-order valence-electron chi connectivity index (χ2n) is 18.9. The summed E-state index contributed by atoms with van der Waals surface area (Å²) in [7, 11) is 0. The Hall–Kier alpha value is -9.90. The monoisotopic (exact) mass is 940 g/mol. The fraction of sp³-hybridized carbons (Fsp3) is 0. The van der Waals surface area contributed by atoms with Crippen LogP contribution in [0.25, 0.3) is 143 Å². The van der Waals surface area contributed by atoms with E-state index in [1.807, 2.05) is 73.8 Å². The first kappa shape index (κ1) is 42.9. The molecule has 10 aromatic carbocycles. The summed E-state index contributed by atoms with van der Waals surface area (Å²) >= 11 is 0. The molecule has 344 valence electrons. The number of hydrogen-bond donors (Lipinski definition) is 0. The average Bonchev–Trinajstić information content (AvgIpc) is 3.51. The third kappa shape index (κ3) is 7.31. The molecule has 0 aliphatic carbocycles. The van der Waals surface area contributed by atoms with Gasteiger partial charge in [0.15, 0.2) is 0 Å². The molecule has 0 spiro atoms. The van der Waals surface area contributed by atoms with Crippen molar-refractivity contribution in [2.75, 3.05) is 0 Å². The molecule has 0 radical (unpaired) electrons. The van der Waals surface area contributed by atoms with Gasteiger partial charge < -0.3 is 0 Å². The van der Waals surface area contributed by atoms with Gasteiger partial charge in [0.1, 0.15) is 0 Å². The number of pyridine rings is 4. The predicted molar refractivity (Wildman–Crippen MR) is 309 cm³/mol. The Morgan fingerprint density at radius 1 is 0.176 bits per heavy atom. The van der Waals surface area contributed by atoms with E-state index in [-0.39, 0.29) is 0 Å². The third-order valence-corrected chi connectivity index (χ3v) is 14.8. The van der Waals surface area contributed by atoms with Crippen LogP contribution in [0.3, 0.4) is 0 Å². The van der Waals surface area contributed by atoms with E-state index in [0.29, 0.717) is 0 Å². The molecule has 0 saturated heterocycles. The molecule has 0 amide bonds. The van der Waals surface area contributed by atoms with Crippen LogP contribution in [0, 0.1) is 0 Å². The lowest BCUT2D eigenvalue weighted by Crippen LogP contribution is -1.93. The van der Waals surface area contributed by atoms with Gasteiger partial charge in [-0.05, 0) is 169 Å². The van der Waals surface area contributed by atoms with E-state index in [1.54, 1.807) is 0 Å². The van der Waals surface area contributed by atoms with Gasteiger partial charge >= 0.3 is 0 Å². The van der Waals surface area contributed by atoms with Crippen molar-refractivity contribution in [2.24, 2.45) is 0 Å². The van der Waals surface area contributed by atoms with Crippen molar-refractivity contribution in [3.05, 3.63) is 268 Å². The van der Waals surface area contributed by atoms with E-state index in [2.05, 4.69) is 214 Å². The van der Waals surface area contributed by atoms with Gasteiger partial charge in [-0.3, -0.25) is 19.9 Å². The van der Waals surface area contributed by atoms with E-state index < -0.39 is 0 Å². The summed E-state index contributed by atoms with van der Waals surface area (Å²) < 4.78 is 0. The third-order valence-electron chi connectivity index (χ3n) is 14.8. The van der Waals surface area contributed by atoms with Crippen LogP contribution in [-0.2, 0) is 0 Å². The van der Waals surface area contributed by atoms with Crippen LogP contribution in [0.1, 0.15) is 0 Å². The van der Waals surface area contributed by atoms with Crippen LogP contribution in [0.5, 0.6) is 0 Å². The van der Waals surface area contributed by atoms with Crippen LogP contribution in [-0.4, -0.2) is 19.9 Å². The van der Waals surface area contributed by atoms with Crippen molar-refractivity contribution in [3.63, 3.8) is 0 Å². The van der Waals surface area contributed by atoms with Gasteiger partial charge in [0.05, 0.1) is 0 Å². The van der Waals surface area contributed by atoms with Gasteiger partial charge in [-0.15, -0.1) is 0 Å². The van der Waals surface area contributed by atoms with Crippen molar-refractivity contribution in [1.82, 2.24) is 19.9 Å². The molecule has 0 unspecified atom stereocenters. The van der Waals surface area contributed by atoms with Crippen LogP contribution in [0.15, 0.2) is 268 Å². The standard InChI is InChI=1S/C70H44N4/c1-5-21-57(49-13-9-33-71-41-49)53(17-1)45-25-29-61-62-30-26-47(55-19-3-7-23-59(55)51-15-11-35-73-43-51)39-67(62)70-68-40-48(56-20-4-8-24-60(56)52-16-12-36-74-44-52)28-32-64(68)63-31-27-46(38-66(63)69(70)65(61)37-45)54-18-2-6-22-58(54)50-14-10-34-72-42-50/h1-44H. The molecule has 0 fully saturated rings. The maximum absolute atomic E-state index is 4.54. The van der Waals surface area contributed by atoms with Crippen LogP contribution < -0.4 is 0 Å². The lowest BCUT2D eigenvalue weighted by atomic mass is 9.83. The molecule has 14 aromatic rings. The zero-order valence-electron chi connectivity index (χ0n) is 40.2. The zero-order chi connectivity index (χ0) is 49.0. The highest BCUT2D eigenvalue weighted by Gasteiger charge is 2.21. The van der Waals surface area contributed by atoms with Gasteiger partial charge in [0, 0.05) is 71.8 Å². The summed E-state index contributed by atoms with van der Waals surface area (Å²) in [5, 5.41) is 12.0. The van der Waals surface area contributed by atoms with Gasteiger partial charge in [0.2, 0.25) is 0 Å². The predicted octanol–water partition coefficient (Wildman–Crippen LogP) is 18.4. The Morgan fingerprint density at radius 2 is 0.392 bits per heavy atom. The first-order valence-electron chi connectivity index (χ1n) is 25.1. The molecule has 0 aliphatic heterocycles. The molecule has 0 bridgehead atoms. The Morgan fingerprint density at radius 3 is 0.595 bits per heavy atom. The lowest BCUT2D eigenvalue weighted by molar-refractivity contribution is 1.33. The number of rotatable bonds is 8. The summed E-state index contributed by atoms with van der Waals surface area (Å²) in [5.74, 6) is 0. The normalized spacial score (nSPS) is 11.5. The molecule has 14 rings (SSSR count). The highest BCUT2D eigenvalue weighted by molar-refractivity contribution is 6.40. The molecule has 4 aromatic heterocycles. The van der Waals surface area contributed by atoms with Crippen molar-refractivity contribution < 1.29 is 0 Å².